The van der Waals surface area contributed by atoms with E-state index < -0.39 is 67.4 Å². The highest BCUT2D eigenvalue weighted by molar-refractivity contribution is 5.80. The Morgan fingerprint density at radius 2 is 0.831 bits per heavy atom. The zero-order valence-electron chi connectivity index (χ0n) is 54.1. The van der Waals surface area contributed by atoms with Crippen molar-refractivity contribution < 1.29 is 49.3 Å². The van der Waals surface area contributed by atoms with Crippen molar-refractivity contribution in [3.8, 4) is 0 Å². The lowest BCUT2D eigenvalue weighted by atomic mass is 9.99. The molecule has 1 fully saturated rings. The molecule has 6 N–H and O–H groups in total. The van der Waals surface area contributed by atoms with Crippen molar-refractivity contribution >= 4 is 11.9 Å². The van der Waals surface area contributed by atoms with Gasteiger partial charge in [-0.3, -0.25) is 9.59 Å². The number of hydrogen-bond acceptors (Lipinski definition) is 10. The minimum absolute atomic E-state index is 0.126. The van der Waals surface area contributed by atoms with E-state index in [1.54, 1.807) is 6.08 Å². The summed E-state index contributed by atoms with van der Waals surface area (Å²) in [5, 5.41) is 57.1. The van der Waals surface area contributed by atoms with Crippen LogP contribution in [0.15, 0.2) is 48.6 Å². The molecule has 0 aromatic heterocycles. The lowest BCUT2D eigenvalue weighted by Crippen LogP contribution is -2.61. The van der Waals surface area contributed by atoms with Crippen LogP contribution in [-0.2, 0) is 23.8 Å². The van der Waals surface area contributed by atoms with E-state index >= 15 is 0 Å². The summed E-state index contributed by atoms with van der Waals surface area (Å²) in [6, 6.07) is -1.03. The number of nitrogens with one attached hydrogen (secondary N) is 1. The van der Waals surface area contributed by atoms with E-state index in [-0.39, 0.29) is 19.4 Å². The first-order valence-electron chi connectivity index (χ1n) is 35.4. The van der Waals surface area contributed by atoms with E-state index in [4.69, 9.17) is 14.2 Å². The summed E-state index contributed by atoms with van der Waals surface area (Å²) in [7, 11) is 0. The van der Waals surface area contributed by atoms with Crippen LogP contribution >= 0.6 is 0 Å². The molecule has 11 heteroatoms. The van der Waals surface area contributed by atoms with E-state index in [1.807, 2.05) is 6.08 Å². The highest BCUT2D eigenvalue weighted by Gasteiger charge is 2.47. The summed E-state index contributed by atoms with van der Waals surface area (Å²) in [6.07, 6.45) is 64.5. The van der Waals surface area contributed by atoms with Gasteiger partial charge in [-0.15, -0.1) is 0 Å². The van der Waals surface area contributed by atoms with E-state index in [1.165, 1.54) is 205 Å². The second kappa shape index (κ2) is 59.9. The first-order chi connectivity index (χ1) is 40.7. The average Bonchev–Trinajstić information content (AvgIpc) is 3.64. The minimum Gasteiger partial charge on any atom is -0.454 e. The molecule has 0 aromatic rings. The van der Waals surface area contributed by atoms with Gasteiger partial charge >= 0.3 is 5.97 Å². The normalized spacial score (nSPS) is 18.8. The van der Waals surface area contributed by atoms with Gasteiger partial charge < -0.3 is 45.1 Å². The fourth-order valence-electron chi connectivity index (χ4n) is 11.1. The minimum atomic E-state index is -1.61. The monoisotopic (exact) mass is 1170 g/mol. The summed E-state index contributed by atoms with van der Waals surface area (Å²) in [6.45, 7) is 5.79. The van der Waals surface area contributed by atoms with Crippen LogP contribution in [0.3, 0.4) is 0 Å². The van der Waals surface area contributed by atoms with Crippen molar-refractivity contribution in [2.45, 2.75) is 384 Å². The molecular weight excluding hydrogens is 1040 g/mol. The molecule has 0 aromatic carbocycles. The van der Waals surface area contributed by atoms with Gasteiger partial charge in [0.05, 0.1) is 25.4 Å². The molecule has 1 amide bonds. The average molecular weight is 1170 g/mol. The second-order valence-electron chi connectivity index (χ2n) is 24.6. The Balaban J connectivity index is 2.54. The molecule has 83 heavy (non-hydrogen) atoms. The Hall–Kier alpha value is -2.38. The van der Waals surface area contributed by atoms with Crippen LogP contribution in [0, 0.1) is 0 Å². The first-order valence-corrected chi connectivity index (χ1v) is 35.4. The number of rotatable bonds is 61. The van der Waals surface area contributed by atoms with Gasteiger partial charge in [0.25, 0.3) is 0 Å². The highest BCUT2D eigenvalue weighted by Crippen LogP contribution is 2.26. The molecule has 8 atom stereocenters. The predicted molar refractivity (Wildman–Crippen MR) is 347 cm³/mol. The van der Waals surface area contributed by atoms with Crippen LogP contribution in [-0.4, -0.2) is 99.6 Å². The topological polar surface area (TPSA) is 175 Å². The number of carbonyl (C=O) groups excluding carboxylic acids is 2. The summed E-state index contributed by atoms with van der Waals surface area (Å²) in [5.74, 6) is -1.20. The van der Waals surface area contributed by atoms with Gasteiger partial charge in [-0.2, -0.15) is 0 Å². The molecule has 0 saturated carbocycles. The van der Waals surface area contributed by atoms with Crippen LogP contribution in [0.4, 0.5) is 0 Å². The highest BCUT2D eigenvalue weighted by atomic mass is 16.7. The summed E-state index contributed by atoms with van der Waals surface area (Å²) >= 11 is 0. The SMILES string of the molecule is CCCCC/C=C\C/C=C\C/C=C\CCCCCCCC(O)C(=O)NC(COC1OC(CO)C(O)C(O)C1OC(=O)CCCCCCCCCCCCCCCCCCCCCCCCCCC)C(O)/C=C/CCCCCCCCCCC. The molecule has 1 rings (SSSR count). The predicted octanol–water partition coefficient (Wildman–Crippen LogP) is 18.0. The Morgan fingerprint density at radius 3 is 1.27 bits per heavy atom. The van der Waals surface area contributed by atoms with Crippen LogP contribution in [0.25, 0.3) is 0 Å². The number of amides is 1. The fourth-order valence-corrected chi connectivity index (χ4v) is 11.1. The summed E-state index contributed by atoms with van der Waals surface area (Å²) in [5.41, 5.74) is 0. The zero-order chi connectivity index (χ0) is 60.3. The third-order valence-electron chi connectivity index (χ3n) is 16.7. The third kappa shape index (κ3) is 47.4. The number of aliphatic hydroxyl groups excluding tert-OH is 5. The third-order valence-corrected chi connectivity index (χ3v) is 16.7. The number of esters is 1. The van der Waals surface area contributed by atoms with Gasteiger partial charge in [0.2, 0.25) is 5.91 Å². The molecule has 486 valence electrons. The van der Waals surface area contributed by atoms with E-state index in [0.29, 0.717) is 12.8 Å². The first kappa shape index (κ1) is 78.6. The molecule has 11 nitrogen and oxygen atoms in total. The molecule has 1 heterocycles. The number of unbranched alkanes of at least 4 members (excludes halogenated alkanes) is 41. The number of carbonyl (C=O) groups is 2. The Bertz CT molecular complexity index is 1540. The van der Waals surface area contributed by atoms with Gasteiger partial charge in [0, 0.05) is 6.42 Å². The summed E-state index contributed by atoms with van der Waals surface area (Å²) in [4.78, 5) is 26.6. The molecular formula is C72H133NO10. The zero-order valence-corrected chi connectivity index (χ0v) is 54.1. The summed E-state index contributed by atoms with van der Waals surface area (Å²) < 4.78 is 17.7. The molecule has 0 bridgehead atoms. The van der Waals surface area contributed by atoms with Gasteiger partial charge in [-0.05, 0) is 64.2 Å². The van der Waals surface area contributed by atoms with Crippen molar-refractivity contribution in [2.75, 3.05) is 13.2 Å². The Kier molecular flexibility index (Phi) is 56.8. The molecule has 0 radical (unpaired) electrons. The number of ether oxygens (including phenoxy) is 3. The standard InChI is InChI=1S/C72H133NO10/c1-4-7-10-13-16-19-22-24-26-28-30-31-32-33-34-35-36-38-40-42-45-48-51-54-57-60-67(77)83-70-69(79)68(78)66(61-74)82-72(70)81-62-63(64(75)58-55-52-49-46-43-21-18-15-12-9-6-3)73-71(80)65(76)59-56-53-50-47-44-41-39-37-29-27-25-23-20-17-14-11-8-5-2/h17,20,25,27,37,39,55,58,63-66,68-70,72,74-76,78-79H,4-16,18-19,21-24,26,28-36,38,40-54,56-57,59-62H2,1-3H3,(H,73,80)/b20-17-,27-25-,39-37-,58-55+. The molecule has 0 aliphatic carbocycles. The smallest absolute Gasteiger partial charge is 0.306 e. The van der Waals surface area contributed by atoms with E-state index in [0.717, 1.165) is 83.5 Å². The number of hydrogen-bond donors (Lipinski definition) is 6. The maximum atomic E-state index is 13.4. The van der Waals surface area contributed by atoms with E-state index in [2.05, 4.69) is 62.5 Å². The molecule has 0 spiro atoms. The largest absolute Gasteiger partial charge is 0.454 e. The lowest BCUT2D eigenvalue weighted by molar-refractivity contribution is -0.305. The van der Waals surface area contributed by atoms with Crippen LogP contribution in [0.5, 0.6) is 0 Å². The quantitative estimate of drug-likeness (QED) is 0.0195. The van der Waals surface area contributed by atoms with Gasteiger partial charge in [-0.25, -0.2) is 0 Å². The second-order valence-corrected chi connectivity index (χ2v) is 24.6. The van der Waals surface area contributed by atoms with Gasteiger partial charge in [-0.1, -0.05) is 313 Å². The maximum Gasteiger partial charge on any atom is 0.306 e. The van der Waals surface area contributed by atoms with Gasteiger partial charge in [0.1, 0.15) is 24.4 Å². The van der Waals surface area contributed by atoms with Crippen molar-refractivity contribution in [2.24, 2.45) is 0 Å². The van der Waals surface area contributed by atoms with Crippen molar-refractivity contribution in [3.63, 3.8) is 0 Å². The van der Waals surface area contributed by atoms with Crippen LogP contribution in [0.1, 0.15) is 335 Å². The van der Waals surface area contributed by atoms with Gasteiger partial charge in [0.15, 0.2) is 12.4 Å². The molecule has 1 saturated heterocycles. The number of allylic oxidation sites excluding steroid dienone is 7. The fraction of sp³-hybridized carbons (Fsp3) is 0.861. The lowest BCUT2D eigenvalue weighted by Gasteiger charge is -2.41. The van der Waals surface area contributed by atoms with E-state index in [9.17, 15) is 35.1 Å². The molecule has 1 aliphatic rings. The maximum absolute atomic E-state index is 13.4. The Labute approximate surface area is 510 Å². The van der Waals surface area contributed by atoms with Crippen molar-refractivity contribution in [1.82, 2.24) is 5.32 Å². The molecule has 1 aliphatic heterocycles. The number of aliphatic hydroxyl groups is 5. The Morgan fingerprint density at radius 1 is 0.470 bits per heavy atom. The van der Waals surface area contributed by atoms with Crippen LogP contribution in [0.2, 0.25) is 0 Å². The van der Waals surface area contributed by atoms with Crippen molar-refractivity contribution in [1.29, 1.82) is 0 Å². The van der Waals surface area contributed by atoms with Crippen molar-refractivity contribution in [3.05, 3.63) is 48.6 Å². The van der Waals surface area contributed by atoms with Crippen LogP contribution < -0.4 is 5.32 Å². The molecule has 8 unspecified atom stereocenters.